The van der Waals surface area contributed by atoms with Gasteiger partial charge in [0.05, 0.1) is 23.6 Å². The number of aromatic nitrogens is 2. The van der Waals surface area contributed by atoms with Gasteiger partial charge >= 0.3 is 0 Å². The van der Waals surface area contributed by atoms with Crippen LogP contribution in [0.3, 0.4) is 0 Å². The Morgan fingerprint density at radius 1 is 1.15 bits per heavy atom. The fourth-order valence-electron chi connectivity index (χ4n) is 2.57. The molecule has 2 heterocycles. The van der Waals surface area contributed by atoms with Gasteiger partial charge in [-0.25, -0.2) is 4.99 Å². The molecular weight excluding hydrogens is 366 g/mol. The molecule has 0 aliphatic carbocycles. The van der Waals surface area contributed by atoms with Crippen LogP contribution < -0.4 is 4.74 Å². The minimum Gasteiger partial charge on any atom is -0.493 e. The summed E-state index contributed by atoms with van der Waals surface area (Å²) in [6.45, 7) is 2.55. The number of thioether (sulfide) groups is 2. The molecule has 26 heavy (non-hydrogen) atoms. The zero-order chi connectivity index (χ0) is 17.8. The Hall–Kier alpha value is -2.25. The van der Waals surface area contributed by atoms with Gasteiger partial charge < -0.3 is 9.26 Å². The summed E-state index contributed by atoms with van der Waals surface area (Å²) in [6, 6.07) is 15.9. The number of rotatable bonds is 5. The van der Waals surface area contributed by atoms with E-state index in [-0.39, 0.29) is 0 Å². The van der Waals surface area contributed by atoms with E-state index in [1.54, 1.807) is 23.5 Å². The summed E-state index contributed by atoms with van der Waals surface area (Å²) in [6.07, 6.45) is 0. The van der Waals surface area contributed by atoms with Crippen LogP contribution in [0.4, 0.5) is 5.69 Å². The highest BCUT2D eigenvalue weighted by molar-refractivity contribution is 8.38. The van der Waals surface area contributed by atoms with E-state index in [1.165, 1.54) is 5.56 Å². The van der Waals surface area contributed by atoms with Gasteiger partial charge in [0.15, 0.2) is 0 Å². The van der Waals surface area contributed by atoms with Gasteiger partial charge in [0.1, 0.15) is 10.1 Å². The highest BCUT2D eigenvalue weighted by Gasteiger charge is 2.16. The molecule has 0 saturated carbocycles. The van der Waals surface area contributed by atoms with E-state index in [0.717, 1.165) is 27.1 Å². The molecule has 1 aromatic heterocycles. The Morgan fingerprint density at radius 3 is 2.92 bits per heavy atom. The summed E-state index contributed by atoms with van der Waals surface area (Å²) in [5.41, 5.74) is 3.16. The maximum Gasteiger partial charge on any atom is 0.237 e. The lowest BCUT2D eigenvalue weighted by Gasteiger charge is -2.13. The fourth-order valence-corrected chi connectivity index (χ4v) is 4.47. The smallest absolute Gasteiger partial charge is 0.237 e. The van der Waals surface area contributed by atoms with Gasteiger partial charge in [-0.1, -0.05) is 59.0 Å². The van der Waals surface area contributed by atoms with E-state index in [0.29, 0.717) is 24.1 Å². The van der Waals surface area contributed by atoms with Crippen LogP contribution in [0.15, 0.2) is 58.0 Å². The Labute approximate surface area is 160 Å². The molecule has 0 spiro atoms. The third-order valence-corrected chi connectivity index (χ3v) is 6.00. The van der Waals surface area contributed by atoms with Crippen molar-refractivity contribution in [2.45, 2.75) is 18.4 Å². The van der Waals surface area contributed by atoms with Crippen LogP contribution in [0, 0.1) is 0 Å². The first kappa shape index (κ1) is 17.2. The summed E-state index contributed by atoms with van der Waals surface area (Å²) in [4.78, 5) is 9.21. The van der Waals surface area contributed by atoms with Gasteiger partial charge in [0.2, 0.25) is 11.7 Å². The number of hydrogen-bond donors (Lipinski definition) is 0. The molecular formula is C19H17N3O2S2. The molecule has 0 unspecified atom stereocenters. The zero-order valence-corrected chi connectivity index (χ0v) is 15.8. The Bertz CT molecular complexity index is 940. The molecule has 7 heteroatoms. The van der Waals surface area contributed by atoms with Crippen molar-refractivity contribution in [2.75, 3.05) is 6.61 Å². The van der Waals surface area contributed by atoms with E-state index in [1.807, 2.05) is 49.4 Å². The standard InChI is InChI=1S/C19H17N3O2S2/c1-2-23-16-10-6-4-8-14(16)18-21-17(24-22-18)12-26-19-20-15-9-5-3-7-13(15)11-25-19/h3-10H,2,11-12H2,1H3. The number of nitrogens with zero attached hydrogens (tertiary/aromatic N) is 3. The van der Waals surface area contributed by atoms with E-state index < -0.39 is 0 Å². The second-order valence-electron chi connectivity index (χ2n) is 5.52. The maximum atomic E-state index is 5.64. The van der Waals surface area contributed by atoms with E-state index in [4.69, 9.17) is 14.3 Å². The van der Waals surface area contributed by atoms with Crippen LogP contribution in [-0.4, -0.2) is 21.1 Å². The van der Waals surface area contributed by atoms with E-state index in [2.05, 4.69) is 16.2 Å². The van der Waals surface area contributed by atoms with Crippen LogP contribution in [0.1, 0.15) is 18.4 Å². The third-order valence-electron chi connectivity index (χ3n) is 3.77. The topological polar surface area (TPSA) is 60.5 Å². The Kier molecular flexibility index (Phi) is 5.26. The van der Waals surface area contributed by atoms with Gasteiger partial charge in [-0.3, -0.25) is 0 Å². The quantitative estimate of drug-likeness (QED) is 0.595. The molecule has 0 radical (unpaired) electrons. The number of hydrogen-bond acceptors (Lipinski definition) is 7. The molecule has 0 N–H and O–H groups in total. The molecule has 0 bridgehead atoms. The van der Waals surface area contributed by atoms with Crippen LogP contribution in [0.25, 0.3) is 11.4 Å². The van der Waals surface area contributed by atoms with Crippen molar-refractivity contribution in [3.8, 4) is 17.1 Å². The molecule has 0 amide bonds. The third kappa shape index (κ3) is 3.78. The predicted molar refractivity (Wildman–Crippen MR) is 107 cm³/mol. The molecule has 4 rings (SSSR count). The average molecular weight is 383 g/mol. The highest BCUT2D eigenvalue weighted by atomic mass is 32.2. The van der Waals surface area contributed by atoms with Crippen LogP contribution in [0.2, 0.25) is 0 Å². The largest absolute Gasteiger partial charge is 0.493 e. The van der Waals surface area contributed by atoms with Crippen LogP contribution >= 0.6 is 23.5 Å². The van der Waals surface area contributed by atoms with Crippen molar-refractivity contribution in [3.63, 3.8) is 0 Å². The lowest BCUT2D eigenvalue weighted by Crippen LogP contribution is -1.96. The number of fused-ring (bicyclic) bond motifs is 1. The lowest BCUT2D eigenvalue weighted by atomic mass is 10.2. The SMILES string of the molecule is CCOc1ccccc1-c1noc(CSC2=Nc3ccccc3CS2)n1. The summed E-state index contributed by atoms with van der Waals surface area (Å²) in [5.74, 6) is 3.43. The summed E-state index contributed by atoms with van der Waals surface area (Å²) in [7, 11) is 0. The molecule has 1 aliphatic rings. The second-order valence-corrected chi connectivity index (χ2v) is 7.71. The van der Waals surface area contributed by atoms with Gasteiger partial charge in [-0.05, 0) is 30.7 Å². The van der Waals surface area contributed by atoms with Crippen molar-refractivity contribution >= 4 is 33.6 Å². The minimum absolute atomic E-state index is 0.549. The van der Waals surface area contributed by atoms with Gasteiger partial charge in [0.25, 0.3) is 0 Å². The normalized spacial score (nSPS) is 13.2. The zero-order valence-electron chi connectivity index (χ0n) is 14.2. The van der Waals surface area contributed by atoms with Gasteiger partial charge in [-0.2, -0.15) is 4.98 Å². The number of aliphatic imine (C=N–C) groups is 1. The Balaban J connectivity index is 1.46. The van der Waals surface area contributed by atoms with Crippen molar-refractivity contribution < 1.29 is 9.26 Å². The number of ether oxygens (including phenoxy) is 1. The molecule has 3 aromatic rings. The predicted octanol–water partition coefficient (Wildman–Crippen LogP) is 5.30. The molecule has 0 saturated heterocycles. The van der Waals surface area contributed by atoms with Gasteiger partial charge in [-0.15, -0.1) is 0 Å². The van der Waals surface area contributed by atoms with Crippen LogP contribution in [0.5, 0.6) is 5.75 Å². The lowest BCUT2D eigenvalue weighted by molar-refractivity contribution is 0.341. The molecule has 0 fully saturated rings. The number of para-hydroxylation sites is 2. The van der Waals surface area contributed by atoms with E-state index in [9.17, 15) is 0 Å². The first-order valence-electron chi connectivity index (χ1n) is 8.30. The summed E-state index contributed by atoms with van der Waals surface area (Å²) in [5, 5.41) is 4.10. The van der Waals surface area contributed by atoms with Crippen molar-refractivity contribution in [2.24, 2.45) is 4.99 Å². The maximum absolute atomic E-state index is 5.64. The average Bonchev–Trinajstić information content (AvgIpc) is 3.16. The van der Waals surface area contributed by atoms with Crippen molar-refractivity contribution in [1.82, 2.24) is 10.1 Å². The highest BCUT2D eigenvalue weighted by Crippen LogP contribution is 2.35. The van der Waals surface area contributed by atoms with Crippen molar-refractivity contribution in [3.05, 3.63) is 60.0 Å². The summed E-state index contributed by atoms with van der Waals surface area (Å²) >= 11 is 3.36. The summed E-state index contributed by atoms with van der Waals surface area (Å²) < 4.78 is 12.1. The van der Waals surface area contributed by atoms with Crippen molar-refractivity contribution in [1.29, 1.82) is 0 Å². The molecule has 2 aromatic carbocycles. The van der Waals surface area contributed by atoms with Crippen LogP contribution in [-0.2, 0) is 11.5 Å². The minimum atomic E-state index is 0.549. The molecule has 5 nitrogen and oxygen atoms in total. The number of benzene rings is 2. The fraction of sp³-hybridized carbons (Fsp3) is 0.211. The first-order chi connectivity index (χ1) is 12.8. The second kappa shape index (κ2) is 7.97. The monoisotopic (exact) mass is 383 g/mol. The Morgan fingerprint density at radius 2 is 2.00 bits per heavy atom. The molecule has 1 aliphatic heterocycles. The molecule has 132 valence electrons. The van der Waals surface area contributed by atoms with E-state index >= 15 is 0 Å². The van der Waals surface area contributed by atoms with Gasteiger partial charge in [0, 0.05) is 5.75 Å². The first-order valence-corrected chi connectivity index (χ1v) is 10.3. The molecule has 0 atom stereocenters.